The zero-order valence-corrected chi connectivity index (χ0v) is 12.2. The maximum absolute atomic E-state index is 8.83. The summed E-state index contributed by atoms with van der Waals surface area (Å²) >= 11 is 1.67. The van der Waals surface area contributed by atoms with Crippen LogP contribution in [0.4, 0.5) is 0 Å². The Morgan fingerprint density at radius 3 is 2.55 bits per heavy atom. The van der Waals surface area contributed by atoms with Gasteiger partial charge in [-0.3, -0.25) is 0 Å². The highest BCUT2D eigenvalue weighted by atomic mass is 32.1. The summed E-state index contributed by atoms with van der Waals surface area (Å²) in [6.07, 6.45) is 4.53. The number of nitriles is 1. The van der Waals surface area contributed by atoms with Crippen LogP contribution in [-0.4, -0.2) is 12.1 Å². The normalized spacial score (nSPS) is 17.0. The van der Waals surface area contributed by atoms with E-state index in [-0.39, 0.29) is 5.60 Å². The SMILES string of the molecule is COC1(c2nc(-c3ccc(C#N)cc3)cs2)CCCC1. The number of thiazole rings is 1. The topological polar surface area (TPSA) is 45.9 Å². The molecule has 1 aromatic carbocycles. The summed E-state index contributed by atoms with van der Waals surface area (Å²) < 4.78 is 5.78. The molecule has 102 valence electrons. The second kappa shape index (κ2) is 5.35. The number of hydrogen-bond donors (Lipinski definition) is 0. The predicted octanol–water partition coefficient (Wildman–Crippen LogP) is 4.10. The van der Waals surface area contributed by atoms with Crippen molar-refractivity contribution in [1.29, 1.82) is 5.26 Å². The second-order valence-electron chi connectivity index (χ2n) is 5.13. The molecule has 1 aliphatic carbocycles. The van der Waals surface area contributed by atoms with Gasteiger partial charge in [0.1, 0.15) is 10.6 Å². The van der Waals surface area contributed by atoms with Crippen LogP contribution in [0.5, 0.6) is 0 Å². The number of aromatic nitrogens is 1. The van der Waals surface area contributed by atoms with Gasteiger partial charge in [-0.2, -0.15) is 5.26 Å². The fraction of sp³-hybridized carbons (Fsp3) is 0.375. The van der Waals surface area contributed by atoms with E-state index in [1.54, 1.807) is 18.4 Å². The Morgan fingerprint density at radius 2 is 1.95 bits per heavy atom. The van der Waals surface area contributed by atoms with E-state index in [4.69, 9.17) is 15.0 Å². The van der Waals surface area contributed by atoms with Gasteiger partial charge in [-0.05, 0) is 25.0 Å². The van der Waals surface area contributed by atoms with Crippen molar-refractivity contribution in [3.8, 4) is 17.3 Å². The van der Waals surface area contributed by atoms with Crippen LogP contribution >= 0.6 is 11.3 Å². The summed E-state index contributed by atoms with van der Waals surface area (Å²) in [5, 5.41) is 12.0. The van der Waals surface area contributed by atoms with E-state index >= 15 is 0 Å². The Kier molecular flexibility index (Phi) is 3.56. The summed E-state index contributed by atoms with van der Waals surface area (Å²) in [6.45, 7) is 0. The van der Waals surface area contributed by atoms with E-state index in [9.17, 15) is 0 Å². The van der Waals surface area contributed by atoms with E-state index in [2.05, 4.69) is 11.4 Å². The van der Waals surface area contributed by atoms with Crippen molar-refractivity contribution >= 4 is 11.3 Å². The maximum atomic E-state index is 8.83. The van der Waals surface area contributed by atoms with Crippen LogP contribution in [0.15, 0.2) is 29.6 Å². The highest BCUT2D eigenvalue weighted by molar-refractivity contribution is 7.10. The molecule has 1 saturated carbocycles. The lowest BCUT2D eigenvalue weighted by Crippen LogP contribution is -2.24. The molecule has 2 aromatic rings. The van der Waals surface area contributed by atoms with Gasteiger partial charge in [-0.15, -0.1) is 11.3 Å². The summed E-state index contributed by atoms with van der Waals surface area (Å²) in [5.41, 5.74) is 2.53. The number of rotatable bonds is 3. The minimum Gasteiger partial charge on any atom is -0.371 e. The number of methoxy groups -OCH3 is 1. The average molecular weight is 284 g/mol. The smallest absolute Gasteiger partial charge is 0.125 e. The number of nitrogens with zero attached hydrogens (tertiary/aromatic N) is 2. The minimum atomic E-state index is -0.171. The summed E-state index contributed by atoms with van der Waals surface area (Å²) in [5.74, 6) is 0. The first kappa shape index (κ1) is 13.3. The fourth-order valence-corrected chi connectivity index (χ4v) is 3.85. The molecule has 0 amide bonds. The van der Waals surface area contributed by atoms with Gasteiger partial charge in [0.2, 0.25) is 0 Å². The van der Waals surface area contributed by atoms with Crippen molar-refractivity contribution in [1.82, 2.24) is 4.98 Å². The summed E-state index contributed by atoms with van der Waals surface area (Å²) in [7, 11) is 1.79. The Hall–Kier alpha value is -1.70. The highest BCUT2D eigenvalue weighted by Gasteiger charge is 2.38. The lowest BCUT2D eigenvalue weighted by molar-refractivity contribution is -0.00879. The van der Waals surface area contributed by atoms with Gasteiger partial charge in [0.15, 0.2) is 0 Å². The molecule has 3 nitrogen and oxygen atoms in total. The molecular formula is C16H16N2OS. The molecular weight excluding hydrogens is 268 g/mol. The third kappa shape index (κ3) is 2.24. The Balaban J connectivity index is 1.91. The molecule has 0 saturated heterocycles. The van der Waals surface area contributed by atoms with Gasteiger partial charge in [-0.1, -0.05) is 25.0 Å². The van der Waals surface area contributed by atoms with Crippen LogP contribution in [0, 0.1) is 11.3 Å². The Morgan fingerprint density at radius 1 is 1.25 bits per heavy atom. The Bertz CT molecular complexity index is 633. The summed E-state index contributed by atoms with van der Waals surface area (Å²) in [6, 6.07) is 9.69. The monoisotopic (exact) mass is 284 g/mol. The molecule has 1 aliphatic rings. The van der Waals surface area contributed by atoms with Gasteiger partial charge in [-0.25, -0.2) is 4.98 Å². The molecule has 0 atom stereocenters. The van der Waals surface area contributed by atoms with Crippen molar-refractivity contribution < 1.29 is 4.74 Å². The predicted molar refractivity (Wildman–Crippen MR) is 79.4 cm³/mol. The molecule has 0 aliphatic heterocycles. The molecule has 1 fully saturated rings. The van der Waals surface area contributed by atoms with E-state index in [0.717, 1.165) is 29.1 Å². The van der Waals surface area contributed by atoms with Crippen LogP contribution in [0.3, 0.4) is 0 Å². The van der Waals surface area contributed by atoms with Gasteiger partial charge >= 0.3 is 0 Å². The molecule has 1 heterocycles. The van der Waals surface area contributed by atoms with Gasteiger partial charge in [0, 0.05) is 18.1 Å². The third-order valence-electron chi connectivity index (χ3n) is 4.01. The molecule has 1 aromatic heterocycles. The third-order valence-corrected chi connectivity index (χ3v) is 5.03. The van der Waals surface area contributed by atoms with Crippen molar-refractivity contribution in [3.05, 3.63) is 40.2 Å². The number of benzene rings is 1. The molecule has 20 heavy (non-hydrogen) atoms. The van der Waals surface area contributed by atoms with Crippen LogP contribution < -0.4 is 0 Å². The zero-order valence-electron chi connectivity index (χ0n) is 11.4. The Labute approximate surface area is 122 Å². The van der Waals surface area contributed by atoms with Crippen LogP contribution in [0.1, 0.15) is 36.3 Å². The molecule has 0 N–H and O–H groups in total. The quantitative estimate of drug-likeness (QED) is 0.852. The highest BCUT2D eigenvalue weighted by Crippen LogP contribution is 2.43. The van der Waals surface area contributed by atoms with Gasteiger partial charge in [0.05, 0.1) is 17.3 Å². The van der Waals surface area contributed by atoms with Crippen LogP contribution in [-0.2, 0) is 10.3 Å². The number of ether oxygens (including phenoxy) is 1. The standard InChI is InChI=1S/C16H16N2OS/c1-19-16(8-2-3-9-16)15-18-14(11-20-15)13-6-4-12(10-17)5-7-13/h4-7,11H,2-3,8-9H2,1H3. The van der Waals surface area contributed by atoms with Gasteiger partial charge < -0.3 is 4.74 Å². The van der Waals surface area contributed by atoms with Crippen molar-refractivity contribution in [3.63, 3.8) is 0 Å². The molecule has 0 spiro atoms. The van der Waals surface area contributed by atoms with Gasteiger partial charge in [0.25, 0.3) is 0 Å². The van der Waals surface area contributed by atoms with Crippen LogP contribution in [0.25, 0.3) is 11.3 Å². The molecule has 4 heteroatoms. The average Bonchev–Trinajstić information content (AvgIpc) is 3.17. The van der Waals surface area contributed by atoms with E-state index in [1.165, 1.54) is 12.8 Å². The van der Waals surface area contributed by atoms with Crippen molar-refractivity contribution in [2.24, 2.45) is 0 Å². The lowest BCUT2D eigenvalue weighted by Gasteiger charge is -2.24. The molecule has 0 radical (unpaired) electrons. The van der Waals surface area contributed by atoms with E-state index < -0.39 is 0 Å². The minimum absolute atomic E-state index is 0.171. The first-order valence-electron chi connectivity index (χ1n) is 6.79. The maximum Gasteiger partial charge on any atom is 0.125 e. The van der Waals surface area contributed by atoms with Crippen molar-refractivity contribution in [2.75, 3.05) is 7.11 Å². The number of hydrogen-bond acceptors (Lipinski definition) is 4. The second-order valence-corrected chi connectivity index (χ2v) is 5.99. The fourth-order valence-electron chi connectivity index (χ4n) is 2.78. The van der Waals surface area contributed by atoms with E-state index in [1.807, 2.05) is 24.3 Å². The molecule has 0 unspecified atom stereocenters. The molecule has 0 bridgehead atoms. The van der Waals surface area contributed by atoms with Crippen LogP contribution in [0.2, 0.25) is 0 Å². The zero-order chi connectivity index (χ0) is 14.0. The first-order chi connectivity index (χ1) is 9.77. The summed E-state index contributed by atoms with van der Waals surface area (Å²) in [4.78, 5) is 4.77. The van der Waals surface area contributed by atoms with Crippen molar-refractivity contribution in [2.45, 2.75) is 31.3 Å². The largest absolute Gasteiger partial charge is 0.371 e. The lowest BCUT2D eigenvalue weighted by atomic mass is 10.0. The first-order valence-corrected chi connectivity index (χ1v) is 7.67. The molecule has 3 rings (SSSR count). The van der Waals surface area contributed by atoms with E-state index in [0.29, 0.717) is 5.56 Å².